The number of hydrogen-bond donors (Lipinski definition) is 3. The molecule has 25 heavy (non-hydrogen) atoms. The minimum absolute atomic E-state index is 0.104. The monoisotopic (exact) mass is 354 g/mol. The molecule has 3 N–H and O–H groups in total. The molecule has 0 aliphatic heterocycles. The van der Waals surface area contributed by atoms with Crippen LogP contribution in [0.25, 0.3) is 0 Å². The van der Waals surface area contributed by atoms with Crippen molar-refractivity contribution >= 4 is 17.8 Å². The Hall–Kier alpha value is -2.07. The van der Waals surface area contributed by atoms with Gasteiger partial charge in [0.2, 0.25) is 0 Å². The second kappa shape index (κ2) is 11.5. The lowest BCUT2D eigenvalue weighted by atomic mass is 10.0. The zero-order valence-electron chi connectivity index (χ0n) is 15.8. The van der Waals surface area contributed by atoms with Crippen molar-refractivity contribution in [3.8, 4) is 11.8 Å². The van der Waals surface area contributed by atoms with Crippen LogP contribution in [0.2, 0.25) is 0 Å². The molecule has 0 rings (SSSR count). The molecule has 142 valence electrons. The first kappa shape index (κ1) is 22.9. The van der Waals surface area contributed by atoms with Gasteiger partial charge >= 0.3 is 5.97 Å². The molecule has 0 heterocycles. The van der Waals surface area contributed by atoms with Gasteiger partial charge in [0.15, 0.2) is 0 Å². The van der Waals surface area contributed by atoms with Gasteiger partial charge in [0, 0.05) is 24.9 Å². The summed E-state index contributed by atoms with van der Waals surface area (Å²) in [6.45, 7) is 10.3. The summed E-state index contributed by atoms with van der Waals surface area (Å²) in [7, 11) is 0. The van der Waals surface area contributed by atoms with Crippen LogP contribution in [0.4, 0.5) is 0 Å². The fourth-order valence-corrected chi connectivity index (χ4v) is 1.65. The van der Waals surface area contributed by atoms with Crippen molar-refractivity contribution in [1.29, 1.82) is 0 Å². The van der Waals surface area contributed by atoms with Crippen molar-refractivity contribution < 1.29 is 24.2 Å². The molecule has 1 unspecified atom stereocenters. The topological polar surface area (TPSA) is 105 Å². The fraction of sp³-hybridized carbons (Fsp3) is 0.722. The van der Waals surface area contributed by atoms with Crippen LogP contribution in [0, 0.1) is 23.7 Å². The maximum Gasteiger partial charge on any atom is 0.308 e. The van der Waals surface area contributed by atoms with E-state index in [1.54, 1.807) is 6.92 Å². The Morgan fingerprint density at radius 3 is 2.04 bits per heavy atom. The summed E-state index contributed by atoms with van der Waals surface area (Å²) in [6.07, 6.45) is 1.35. The van der Waals surface area contributed by atoms with Crippen LogP contribution in [-0.2, 0) is 19.1 Å². The average molecular weight is 354 g/mol. The molecular formula is C18H30N2O5. The number of rotatable bonds is 10. The van der Waals surface area contributed by atoms with Gasteiger partial charge in [-0.3, -0.25) is 14.4 Å². The standard InChI is InChI=1S/C18H30N2O5/c1-13(2)8-10-19-15(21)6-7-16(22)20-11-9-18(4,5)25-12-14(3)17(23)24/h13-14H,8-12H2,1-5H3,(H,19,21)(H,20,22)(H,23,24). The van der Waals surface area contributed by atoms with Crippen LogP contribution in [0.1, 0.15) is 47.5 Å². The fourth-order valence-electron chi connectivity index (χ4n) is 1.65. The number of carbonyl (C=O) groups is 3. The summed E-state index contributed by atoms with van der Waals surface area (Å²) in [6, 6.07) is 0. The van der Waals surface area contributed by atoms with Crippen LogP contribution in [0.15, 0.2) is 0 Å². The molecule has 0 aromatic rings. The summed E-state index contributed by atoms with van der Waals surface area (Å²) >= 11 is 0. The zero-order valence-corrected chi connectivity index (χ0v) is 15.8. The molecule has 0 bridgehead atoms. The second-order valence-corrected chi connectivity index (χ2v) is 7.00. The summed E-state index contributed by atoms with van der Waals surface area (Å²) in [5, 5.41) is 14.0. The Morgan fingerprint density at radius 1 is 1.04 bits per heavy atom. The summed E-state index contributed by atoms with van der Waals surface area (Å²) in [4.78, 5) is 33.8. The number of aliphatic carboxylic acids is 1. The normalized spacial score (nSPS) is 12.1. The van der Waals surface area contributed by atoms with Crippen LogP contribution in [-0.4, -0.2) is 48.2 Å². The van der Waals surface area contributed by atoms with E-state index in [4.69, 9.17) is 9.84 Å². The maximum atomic E-state index is 11.6. The molecule has 0 aliphatic carbocycles. The molecular weight excluding hydrogens is 324 g/mol. The number of ether oxygens (including phenoxy) is 1. The van der Waals surface area contributed by atoms with Gasteiger partial charge in [-0.15, -0.1) is 0 Å². The minimum Gasteiger partial charge on any atom is -0.481 e. The van der Waals surface area contributed by atoms with E-state index in [0.717, 1.165) is 6.42 Å². The summed E-state index contributed by atoms with van der Waals surface area (Å²) in [5.41, 5.74) is -0.571. The lowest BCUT2D eigenvalue weighted by Crippen LogP contribution is -2.34. The molecule has 7 nitrogen and oxygen atoms in total. The van der Waals surface area contributed by atoms with Crippen molar-refractivity contribution in [3.05, 3.63) is 0 Å². The maximum absolute atomic E-state index is 11.6. The molecule has 0 aromatic heterocycles. The van der Waals surface area contributed by atoms with Crippen LogP contribution in [0.5, 0.6) is 0 Å². The highest BCUT2D eigenvalue weighted by Gasteiger charge is 2.21. The van der Waals surface area contributed by atoms with Crippen molar-refractivity contribution in [2.24, 2.45) is 11.8 Å². The first-order valence-electron chi connectivity index (χ1n) is 8.48. The van der Waals surface area contributed by atoms with E-state index in [0.29, 0.717) is 25.4 Å². The second-order valence-electron chi connectivity index (χ2n) is 7.00. The Balaban J connectivity index is 4.08. The van der Waals surface area contributed by atoms with Crippen LogP contribution < -0.4 is 10.6 Å². The Labute approximate surface area is 149 Å². The van der Waals surface area contributed by atoms with Crippen LogP contribution in [0.3, 0.4) is 0 Å². The lowest BCUT2D eigenvalue weighted by molar-refractivity contribution is -0.145. The first-order valence-corrected chi connectivity index (χ1v) is 8.48. The van der Waals surface area contributed by atoms with E-state index in [-0.39, 0.29) is 6.61 Å². The third kappa shape index (κ3) is 13.0. The minimum atomic E-state index is -0.911. The van der Waals surface area contributed by atoms with Crippen LogP contribution >= 0.6 is 0 Å². The quantitative estimate of drug-likeness (QED) is 0.511. The van der Waals surface area contributed by atoms with Crippen molar-refractivity contribution in [3.63, 3.8) is 0 Å². The highest BCUT2D eigenvalue weighted by Crippen LogP contribution is 2.15. The smallest absolute Gasteiger partial charge is 0.308 e. The number of hydrogen-bond acceptors (Lipinski definition) is 4. The molecule has 0 spiro atoms. The SMILES string of the molecule is CC(C)CCNC(=O)C#CC(=O)NCCC(C)(C)OCC(C)C(=O)O. The van der Waals surface area contributed by atoms with Gasteiger partial charge in [-0.1, -0.05) is 13.8 Å². The van der Waals surface area contributed by atoms with E-state index in [2.05, 4.69) is 36.3 Å². The number of carboxylic acid groups (broad SMARTS) is 1. The van der Waals surface area contributed by atoms with Gasteiger partial charge < -0.3 is 20.5 Å². The highest BCUT2D eigenvalue weighted by molar-refractivity contribution is 6.02. The molecule has 1 atom stereocenters. The van der Waals surface area contributed by atoms with E-state index < -0.39 is 29.3 Å². The largest absolute Gasteiger partial charge is 0.481 e. The van der Waals surface area contributed by atoms with Gasteiger partial charge in [0.1, 0.15) is 0 Å². The van der Waals surface area contributed by atoms with E-state index in [1.807, 2.05) is 13.8 Å². The average Bonchev–Trinajstić information content (AvgIpc) is 2.50. The Morgan fingerprint density at radius 2 is 1.56 bits per heavy atom. The van der Waals surface area contributed by atoms with Gasteiger partial charge in [0.05, 0.1) is 18.1 Å². The van der Waals surface area contributed by atoms with E-state index in [1.165, 1.54) is 0 Å². The van der Waals surface area contributed by atoms with Gasteiger partial charge in [-0.2, -0.15) is 0 Å². The third-order valence-corrected chi connectivity index (χ3v) is 3.46. The highest BCUT2D eigenvalue weighted by atomic mass is 16.5. The molecule has 0 aliphatic rings. The molecule has 0 radical (unpaired) electrons. The Bertz CT molecular complexity index is 517. The molecule has 0 fully saturated rings. The zero-order chi connectivity index (χ0) is 19.5. The lowest BCUT2D eigenvalue weighted by Gasteiger charge is -2.26. The van der Waals surface area contributed by atoms with Crippen molar-refractivity contribution in [1.82, 2.24) is 10.6 Å². The van der Waals surface area contributed by atoms with Gasteiger partial charge in [-0.05, 0) is 39.5 Å². The van der Waals surface area contributed by atoms with Gasteiger partial charge in [-0.25, -0.2) is 0 Å². The van der Waals surface area contributed by atoms with Crippen molar-refractivity contribution in [2.75, 3.05) is 19.7 Å². The molecule has 7 heteroatoms. The number of carbonyl (C=O) groups excluding carboxylic acids is 2. The molecule has 2 amide bonds. The Kier molecular flexibility index (Phi) is 10.5. The van der Waals surface area contributed by atoms with Gasteiger partial charge in [0.25, 0.3) is 11.8 Å². The van der Waals surface area contributed by atoms with Crippen molar-refractivity contribution in [2.45, 2.75) is 53.1 Å². The number of carboxylic acids is 1. The third-order valence-electron chi connectivity index (χ3n) is 3.46. The molecule has 0 saturated heterocycles. The summed E-state index contributed by atoms with van der Waals surface area (Å²) < 4.78 is 5.56. The molecule has 0 aromatic carbocycles. The molecule has 0 saturated carbocycles. The van der Waals surface area contributed by atoms with E-state index >= 15 is 0 Å². The first-order chi connectivity index (χ1) is 11.5. The van der Waals surface area contributed by atoms with E-state index in [9.17, 15) is 14.4 Å². The predicted octanol–water partition coefficient (Wildman–Crippen LogP) is 1.17. The number of nitrogens with one attached hydrogen (secondary N) is 2. The predicted molar refractivity (Wildman–Crippen MR) is 94.7 cm³/mol. The number of amides is 2. The summed E-state index contributed by atoms with van der Waals surface area (Å²) in [5.74, 6) is 2.47.